The summed E-state index contributed by atoms with van der Waals surface area (Å²) in [7, 11) is 0. The lowest BCUT2D eigenvalue weighted by molar-refractivity contribution is 1.12. The molecule has 1 aromatic heterocycles. The van der Waals surface area contributed by atoms with E-state index in [0.29, 0.717) is 5.92 Å². The Hall–Kier alpha value is -1.34. The molecule has 1 heterocycles. The second kappa shape index (κ2) is 3.91. The largest absolute Gasteiger partial charge is 0.264 e. The molecule has 1 aliphatic carbocycles. The molecule has 1 aromatic carbocycles. The summed E-state index contributed by atoms with van der Waals surface area (Å²) >= 11 is 5.87. The summed E-state index contributed by atoms with van der Waals surface area (Å²) in [6, 6.07) is 10.1. The third kappa shape index (κ3) is 1.96. The normalized spacial score (nSPS) is 15.1. The van der Waals surface area contributed by atoms with E-state index in [9.17, 15) is 0 Å². The van der Waals surface area contributed by atoms with Crippen LogP contribution in [0, 0.1) is 6.42 Å². The van der Waals surface area contributed by atoms with Crippen LogP contribution in [0.1, 0.15) is 17.9 Å². The van der Waals surface area contributed by atoms with Gasteiger partial charge < -0.3 is 0 Å². The van der Waals surface area contributed by atoms with Crippen LogP contribution in [0.3, 0.4) is 0 Å². The molecular weight excluding hydrogens is 218 g/mol. The first-order valence-electron chi connectivity index (χ1n) is 5.37. The van der Waals surface area contributed by atoms with Gasteiger partial charge in [-0.05, 0) is 48.1 Å². The van der Waals surface area contributed by atoms with E-state index >= 15 is 0 Å². The molecule has 3 rings (SSSR count). The van der Waals surface area contributed by atoms with Crippen LogP contribution in [0.25, 0.3) is 11.1 Å². The minimum atomic E-state index is 0.625. The number of nitrogens with zero attached hydrogens (tertiary/aromatic N) is 1. The van der Waals surface area contributed by atoms with Crippen LogP contribution in [0.15, 0.2) is 42.7 Å². The standard InChI is InChI=1S/C14H11ClN/c15-14-5-3-11(4-6-14)13-7-12(8-16-9-13)10-1-2-10/h1,3-10H,2H2. The lowest BCUT2D eigenvalue weighted by Gasteiger charge is -2.03. The second-order valence-corrected chi connectivity index (χ2v) is 4.53. The summed E-state index contributed by atoms with van der Waals surface area (Å²) < 4.78 is 0. The first-order chi connectivity index (χ1) is 7.83. The first kappa shape index (κ1) is 9.86. The summed E-state index contributed by atoms with van der Waals surface area (Å²) in [6.07, 6.45) is 7.33. The Kier molecular flexibility index (Phi) is 2.41. The summed E-state index contributed by atoms with van der Waals surface area (Å²) in [4.78, 5) is 4.29. The van der Waals surface area contributed by atoms with Gasteiger partial charge in [0.1, 0.15) is 0 Å². The first-order valence-corrected chi connectivity index (χ1v) is 5.75. The van der Waals surface area contributed by atoms with Crippen molar-refractivity contribution in [2.75, 3.05) is 0 Å². The van der Waals surface area contributed by atoms with Crippen LogP contribution in [-0.4, -0.2) is 4.98 Å². The average molecular weight is 229 g/mol. The van der Waals surface area contributed by atoms with E-state index in [1.807, 2.05) is 36.7 Å². The Balaban J connectivity index is 1.98. The molecule has 1 saturated carbocycles. The molecule has 0 bridgehead atoms. The summed E-state index contributed by atoms with van der Waals surface area (Å²) in [5.41, 5.74) is 3.64. The molecule has 2 aromatic rings. The highest BCUT2D eigenvalue weighted by molar-refractivity contribution is 6.30. The van der Waals surface area contributed by atoms with Gasteiger partial charge in [-0.1, -0.05) is 23.7 Å². The van der Waals surface area contributed by atoms with Crippen LogP contribution in [0.4, 0.5) is 0 Å². The molecule has 0 N–H and O–H groups in total. The van der Waals surface area contributed by atoms with Crippen LogP contribution >= 0.6 is 11.6 Å². The minimum absolute atomic E-state index is 0.625. The van der Waals surface area contributed by atoms with E-state index in [-0.39, 0.29) is 0 Å². The van der Waals surface area contributed by atoms with Gasteiger partial charge >= 0.3 is 0 Å². The molecule has 79 valence electrons. The number of halogens is 1. The van der Waals surface area contributed by atoms with Crippen molar-refractivity contribution >= 4 is 11.6 Å². The zero-order valence-corrected chi connectivity index (χ0v) is 9.48. The van der Waals surface area contributed by atoms with E-state index < -0.39 is 0 Å². The highest BCUT2D eigenvalue weighted by Gasteiger charge is 2.24. The fourth-order valence-corrected chi connectivity index (χ4v) is 1.93. The SMILES string of the molecule is Clc1ccc(-c2cncc(C3[CH]C3)c2)cc1. The molecule has 1 unspecified atom stereocenters. The maximum absolute atomic E-state index is 5.87. The van der Waals surface area contributed by atoms with E-state index in [2.05, 4.69) is 17.5 Å². The Morgan fingerprint density at radius 1 is 1.06 bits per heavy atom. The van der Waals surface area contributed by atoms with Gasteiger partial charge in [-0.15, -0.1) is 0 Å². The number of pyridine rings is 1. The predicted octanol–water partition coefficient (Wildman–Crippen LogP) is 4.09. The number of hydrogen-bond acceptors (Lipinski definition) is 1. The fraction of sp³-hybridized carbons (Fsp3) is 0.143. The van der Waals surface area contributed by atoms with Gasteiger partial charge in [0.15, 0.2) is 0 Å². The van der Waals surface area contributed by atoms with Crippen molar-refractivity contribution in [2.24, 2.45) is 0 Å². The third-order valence-corrected chi connectivity index (χ3v) is 3.09. The van der Waals surface area contributed by atoms with E-state index in [1.165, 1.54) is 17.5 Å². The van der Waals surface area contributed by atoms with Crippen molar-refractivity contribution in [2.45, 2.75) is 12.3 Å². The van der Waals surface area contributed by atoms with Gasteiger partial charge in [-0.3, -0.25) is 4.98 Å². The Bertz CT molecular complexity index is 500. The quantitative estimate of drug-likeness (QED) is 0.754. The maximum atomic E-state index is 5.87. The van der Waals surface area contributed by atoms with Gasteiger partial charge in [0.05, 0.1) is 0 Å². The van der Waals surface area contributed by atoms with Crippen LogP contribution in [0.5, 0.6) is 0 Å². The number of benzene rings is 1. The van der Waals surface area contributed by atoms with E-state index in [0.717, 1.165) is 10.6 Å². The van der Waals surface area contributed by atoms with Crippen molar-refractivity contribution in [3.05, 3.63) is 59.7 Å². The molecule has 1 radical (unpaired) electrons. The van der Waals surface area contributed by atoms with Gasteiger partial charge in [0, 0.05) is 23.0 Å². The van der Waals surface area contributed by atoms with Crippen molar-refractivity contribution < 1.29 is 0 Å². The molecule has 16 heavy (non-hydrogen) atoms. The monoisotopic (exact) mass is 228 g/mol. The smallest absolute Gasteiger partial charge is 0.0406 e. The van der Waals surface area contributed by atoms with Crippen LogP contribution in [-0.2, 0) is 0 Å². The molecule has 0 spiro atoms. The predicted molar refractivity (Wildman–Crippen MR) is 66.3 cm³/mol. The average Bonchev–Trinajstić information content (AvgIpc) is 3.14. The molecule has 1 nitrogen and oxygen atoms in total. The molecule has 1 aliphatic rings. The number of hydrogen-bond donors (Lipinski definition) is 0. The van der Waals surface area contributed by atoms with Crippen molar-refractivity contribution in [3.8, 4) is 11.1 Å². The molecule has 0 amide bonds. The minimum Gasteiger partial charge on any atom is -0.264 e. The van der Waals surface area contributed by atoms with Gasteiger partial charge in [0.25, 0.3) is 0 Å². The Labute approximate surface area is 100 Å². The van der Waals surface area contributed by atoms with E-state index in [4.69, 9.17) is 11.6 Å². The lowest BCUT2D eigenvalue weighted by atomic mass is 10.0. The maximum Gasteiger partial charge on any atom is 0.0406 e. The van der Waals surface area contributed by atoms with Crippen LogP contribution < -0.4 is 0 Å². The van der Waals surface area contributed by atoms with Crippen molar-refractivity contribution in [1.82, 2.24) is 4.98 Å². The second-order valence-electron chi connectivity index (χ2n) is 4.09. The zero-order chi connectivity index (χ0) is 11.0. The summed E-state index contributed by atoms with van der Waals surface area (Å²) in [5.74, 6) is 0.625. The highest BCUT2D eigenvalue weighted by Crippen LogP contribution is 2.39. The summed E-state index contributed by atoms with van der Waals surface area (Å²) in [6.45, 7) is 0. The number of rotatable bonds is 2. The topological polar surface area (TPSA) is 12.9 Å². The summed E-state index contributed by atoms with van der Waals surface area (Å²) in [5, 5.41) is 0.767. The molecule has 0 aliphatic heterocycles. The van der Waals surface area contributed by atoms with Crippen molar-refractivity contribution in [1.29, 1.82) is 0 Å². The Morgan fingerprint density at radius 2 is 1.81 bits per heavy atom. The van der Waals surface area contributed by atoms with Gasteiger partial charge in [0.2, 0.25) is 0 Å². The van der Waals surface area contributed by atoms with E-state index in [1.54, 1.807) is 0 Å². The molecule has 2 heteroatoms. The zero-order valence-electron chi connectivity index (χ0n) is 8.73. The van der Waals surface area contributed by atoms with Gasteiger partial charge in [-0.2, -0.15) is 0 Å². The lowest BCUT2D eigenvalue weighted by Crippen LogP contribution is -1.85. The Morgan fingerprint density at radius 3 is 2.50 bits per heavy atom. The molecule has 1 fully saturated rings. The molecule has 0 saturated heterocycles. The van der Waals surface area contributed by atoms with Crippen molar-refractivity contribution in [3.63, 3.8) is 0 Å². The van der Waals surface area contributed by atoms with Gasteiger partial charge in [-0.25, -0.2) is 0 Å². The molecule has 1 atom stereocenters. The fourth-order valence-electron chi connectivity index (χ4n) is 1.80. The van der Waals surface area contributed by atoms with Crippen LogP contribution in [0.2, 0.25) is 5.02 Å². The molecular formula is C14H11ClN. The number of aromatic nitrogens is 1. The third-order valence-electron chi connectivity index (χ3n) is 2.84. The highest BCUT2D eigenvalue weighted by atomic mass is 35.5.